The number of aromatic nitrogens is 2. The molecular weight excluding hydrogens is 550 g/mol. The van der Waals surface area contributed by atoms with Crippen molar-refractivity contribution in [1.82, 2.24) is 20.2 Å². The molecule has 1 saturated heterocycles. The van der Waals surface area contributed by atoms with Crippen molar-refractivity contribution in [2.24, 2.45) is 5.92 Å². The summed E-state index contributed by atoms with van der Waals surface area (Å²) in [5.41, 5.74) is -0.309. The molecule has 0 unspecified atom stereocenters. The Kier molecular flexibility index (Phi) is 8.22. The molecule has 5 rings (SSSR count). The van der Waals surface area contributed by atoms with E-state index in [1.807, 2.05) is 0 Å². The van der Waals surface area contributed by atoms with Gasteiger partial charge in [0.05, 0.1) is 21.7 Å². The normalized spacial score (nSPS) is 23.7. The minimum atomic E-state index is -3.64. The van der Waals surface area contributed by atoms with Crippen LogP contribution in [0.5, 0.6) is 6.01 Å². The van der Waals surface area contributed by atoms with Gasteiger partial charge in [-0.25, -0.2) is 8.42 Å². The van der Waals surface area contributed by atoms with E-state index in [0.717, 1.165) is 19.4 Å². The van der Waals surface area contributed by atoms with Crippen molar-refractivity contribution in [3.05, 3.63) is 53.6 Å². The molecule has 2 aliphatic rings. The summed E-state index contributed by atoms with van der Waals surface area (Å²) in [6.45, 7) is 5.66. The van der Waals surface area contributed by atoms with E-state index in [2.05, 4.69) is 34.4 Å². The van der Waals surface area contributed by atoms with Crippen LogP contribution >= 0.6 is 11.6 Å². The lowest BCUT2D eigenvalue weighted by atomic mass is 9.79. The number of sulfone groups is 1. The lowest BCUT2D eigenvalue weighted by molar-refractivity contribution is -0.134. The van der Waals surface area contributed by atoms with E-state index >= 15 is 0 Å². The molecule has 1 aromatic heterocycles. The molecule has 3 N–H and O–H groups in total. The molecule has 2 heterocycles. The van der Waals surface area contributed by atoms with E-state index in [1.165, 1.54) is 0 Å². The Hall–Kier alpha value is -2.95. The molecule has 214 valence electrons. The summed E-state index contributed by atoms with van der Waals surface area (Å²) in [4.78, 5) is 24.2. The third kappa shape index (κ3) is 6.04. The van der Waals surface area contributed by atoms with E-state index in [-0.39, 0.29) is 16.6 Å². The zero-order valence-electron chi connectivity index (χ0n) is 22.8. The highest BCUT2D eigenvalue weighted by molar-refractivity contribution is 7.91. The van der Waals surface area contributed by atoms with Crippen LogP contribution in [0, 0.1) is 5.92 Å². The number of carbonyl (C=O) groups excluding carboxylic acids is 1. The molecule has 0 spiro atoms. The molecule has 0 bridgehead atoms. The van der Waals surface area contributed by atoms with Gasteiger partial charge in [-0.3, -0.25) is 4.79 Å². The van der Waals surface area contributed by atoms with Gasteiger partial charge in [0, 0.05) is 23.0 Å². The Morgan fingerprint density at radius 1 is 1.10 bits per heavy atom. The van der Waals surface area contributed by atoms with Crippen LogP contribution in [-0.4, -0.2) is 70.8 Å². The molecule has 40 heavy (non-hydrogen) atoms. The predicted octanol–water partition coefficient (Wildman–Crippen LogP) is 4.40. The Bertz CT molecular complexity index is 1480. The molecule has 1 atom stereocenters. The number of hydrogen-bond acceptors (Lipinski definition) is 8. The molecule has 3 aromatic rings. The second-order valence-electron chi connectivity index (χ2n) is 11.4. The molecule has 0 radical (unpaired) electrons. The first kappa shape index (κ1) is 28.6. The number of fused-ring (bicyclic) bond motifs is 1. The number of nitrogens with zero attached hydrogens (tertiary/aromatic N) is 3. The summed E-state index contributed by atoms with van der Waals surface area (Å²) < 4.78 is 27.3. The van der Waals surface area contributed by atoms with Crippen LogP contribution in [0.2, 0.25) is 5.02 Å². The maximum absolute atomic E-state index is 13.9. The fourth-order valence-corrected chi connectivity index (χ4v) is 8.03. The summed E-state index contributed by atoms with van der Waals surface area (Å²) in [7, 11) is -3.64. The molecule has 1 aliphatic heterocycles. The average Bonchev–Trinajstić information content (AvgIpc) is 3.29. The SMILES string of the molecule is CC(C)CNC1CCC(CS(=O)(=O)c2ccccc2)(N2CC[C@H](Nc3nc(O)nc4ccc(Cl)cc34)C2=O)CC1. The minimum absolute atomic E-state index is 0.119. The van der Waals surface area contributed by atoms with Crippen LogP contribution in [0.4, 0.5) is 5.82 Å². The van der Waals surface area contributed by atoms with Gasteiger partial charge in [-0.05, 0) is 74.9 Å². The molecule has 2 fully saturated rings. The molecule has 2 aromatic carbocycles. The van der Waals surface area contributed by atoms with Crippen LogP contribution in [0.15, 0.2) is 53.4 Å². The van der Waals surface area contributed by atoms with Gasteiger partial charge in [0.15, 0.2) is 9.84 Å². The summed E-state index contributed by atoms with van der Waals surface area (Å²) in [5.74, 6) is 0.555. The maximum atomic E-state index is 13.9. The van der Waals surface area contributed by atoms with Gasteiger partial charge in [-0.1, -0.05) is 43.6 Å². The maximum Gasteiger partial charge on any atom is 0.316 e. The first-order valence-electron chi connectivity index (χ1n) is 13.8. The van der Waals surface area contributed by atoms with Gasteiger partial charge >= 0.3 is 6.01 Å². The van der Waals surface area contributed by atoms with Crippen LogP contribution in [0.1, 0.15) is 46.0 Å². The first-order valence-corrected chi connectivity index (χ1v) is 15.8. The van der Waals surface area contributed by atoms with Crippen LogP contribution in [0.3, 0.4) is 0 Å². The first-order chi connectivity index (χ1) is 19.1. The number of amides is 1. The lowest BCUT2D eigenvalue weighted by Crippen LogP contribution is -2.58. The van der Waals surface area contributed by atoms with Gasteiger partial charge in [0.1, 0.15) is 11.9 Å². The second-order valence-corrected chi connectivity index (χ2v) is 13.8. The topological polar surface area (TPSA) is 125 Å². The third-order valence-corrected chi connectivity index (χ3v) is 10.2. The van der Waals surface area contributed by atoms with Crippen molar-refractivity contribution in [2.75, 3.05) is 24.2 Å². The second kappa shape index (κ2) is 11.5. The Labute approximate surface area is 240 Å². The molecule has 1 saturated carbocycles. The van der Waals surface area contributed by atoms with Crippen molar-refractivity contribution in [3.8, 4) is 6.01 Å². The number of anilines is 1. The Balaban J connectivity index is 1.41. The van der Waals surface area contributed by atoms with Crippen LogP contribution < -0.4 is 10.6 Å². The molecule has 9 nitrogen and oxygen atoms in total. The van der Waals surface area contributed by atoms with Crippen LogP contribution in [-0.2, 0) is 14.6 Å². The quantitative estimate of drug-likeness (QED) is 0.337. The van der Waals surface area contributed by atoms with Gasteiger partial charge in [0.25, 0.3) is 0 Å². The fourth-order valence-electron chi connectivity index (χ4n) is 5.97. The van der Waals surface area contributed by atoms with E-state index in [4.69, 9.17) is 11.6 Å². The number of benzene rings is 2. The Morgan fingerprint density at radius 2 is 1.82 bits per heavy atom. The van der Waals surface area contributed by atoms with Crippen molar-refractivity contribution in [3.63, 3.8) is 0 Å². The number of hydrogen-bond donors (Lipinski definition) is 3. The molecule has 11 heteroatoms. The molecule has 1 aliphatic carbocycles. The highest BCUT2D eigenvalue weighted by Gasteiger charge is 2.49. The predicted molar refractivity (Wildman–Crippen MR) is 156 cm³/mol. The van der Waals surface area contributed by atoms with E-state index in [9.17, 15) is 18.3 Å². The zero-order chi connectivity index (χ0) is 28.5. The van der Waals surface area contributed by atoms with E-state index < -0.39 is 27.4 Å². The number of carbonyl (C=O) groups is 1. The monoisotopic (exact) mass is 585 g/mol. The number of rotatable bonds is 9. The number of nitrogens with one attached hydrogen (secondary N) is 2. The average molecular weight is 586 g/mol. The standard InChI is InChI=1S/C29H36ClN5O4S/c1-19(2)17-31-21-10-13-29(14-11-21,18-40(38,39)22-6-4-3-5-7-22)35-15-12-25(27(35)36)32-26-23-16-20(30)8-9-24(23)33-28(37)34-26/h3-9,16,19,21,25,31H,10-15,17-18H2,1-2H3,(H2,32,33,34,37)/t21?,25-,29?/m0/s1. The zero-order valence-corrected chi connectivity index (χ0v) is 24.4. The van der Waals surface area contributed by atoms with Crippen LogP contribution in [0.25, 0.3) is 10.9 Å². The van der Waals surface area contributed by atoms with Gasteiger partial charge in [0.2, 0.25) is 5.91 Å². The summed E-state index contributed by atoms with van der Waals surface area (Å²) in [6, 6.07) is 12.8. The summed E-state index contributed by atoms with van der Waals surface area (Å²) in [5, 5.41) is 18.0. The van der Waals surface area contributed by atoms with Crippen molar-refractivity contribution in [1.29, 1.82) is 0 Å². The highest BCUT2D eigenvalue weighted by atomic mass is 35.5. The Morgan fingerprint density at radius 3 is 2.52 bits per heavy atom. The van der Waals surface area contributed by atoms with Crippen molar-refractivity contribution < 1.29 is 18.3 Å². The number of likely N-dealkylation sites (tertiary alicyclic amines) is 1. The highest BCUT2D eigenvalue weighted by Crippen LogP contribution is 2.40. The summed E-state index contributed by atoms with van der Waals surface area (Å²) in [6.07, 6.45) is 3.26. The van der Waals surface area contributed by atoms with E-state index in [1.54, 1.807) is 53.4 Å². The van der Waals surface area contributed by atoms with Gasteiger partial charge in [-0.15, -0.1) is 0 Å². The fraction of sp³-hybridized carbons (Fsp3) is 0.483. The third-order valence-electron chi connectivity index (χ3n) is 8.03. The molecular formula is C29H36ClN5O4S. The smallest absolute Gasteiger partial charge is 0.316 e. The van der Waals surface area contributed by atoms with Crippen molar-refractivity contribution in [2.45, 2.75) is 68.5 Å². The van der Waals surface area contributed by atoms with Crippen molar-refractivity contribution >= 4 is 44.1 Å². The largest absolute Gasteiger partial charge is 0.479 e. The minimum Gasteiger partial charge on any atom is -0.479 e. The van der Waals surface area contributed by atoms with E-state index in [0.29, 0.717) is 59.5 Å². The molecule has 1 amide bonds. The number of halogens is 1. The van der Waals surface area contributed by atoms with Gasteiger partial charge < -0.3 is 20.6 Å². The number of aromatic hydroxyl groups is 1. The lowest BCUT2D eigenvalue weighted by Gasteiger charge is -2.46. The van der Waals surface area contributed by atoms with Gasteiger partial charge in [-0.2, -0.15) is 9.97 Å². The summed E-state index contributed by atoms with van der Waals surface area (Å²) >= 11 is 6.20.